The zero-order chi connectivity index (χ0) is 16.6. The SMILES string of the molecule is CCCCCCCCCC[C@@H](CCCCCC)C1SCCCS1. The van der Waals surface area contributed by atoms with E-state index in [0.29, 0.717) is 0 Å². The molecule has 1 saturated heterocycles. The minimum Gasteiger partial charge on any atom is -0.147 e. The minimum atomic E-state index is 0.926. The summed E-state index contributed by atoms with van der Waals surface area (Å²) >= 11 is 4.55. The molecule has 0 bridgehead atoms. The zero-order valence-electron chi connectivity index (χ0n) is 16.0. The van der Waals surface area contributed by atoms with E-state index in [-0.39, 0.29) is 0 Å². The maximum absolute atomic E-state index is 2.32. The Morgan fingerprint density at radius 3 is 1.61 bits per heavy atom. The van der Waals surface area contributed by atoms with Crippen LogP contribution < -0.4 is 0 Å². The van der Waals surface area contributed by atoms with E-state index in [1.165, 1.54) is 108 Å². The molecular weight excluding hydrogens is 316 g/mol. The average Bonchev–Trinajstić information content (AvgIpc) is 2.60. The molecule has 2 heteroatoms. The van der Waals surface area contributed by atoms with E-state index >= 15 is 0 Å². The number of unbranched alkanes of at least 4 members (excludes halogenated alkanes) is 10. The molecule has 0 radical (unpaired) electrons. The molecule has 1 aliphatic heterocycles. The maximum Gasteiger partial charge on any atom is 0.0530 e. The van der Waals surface area contributed by atoms with Gasteiger partial charge in [-0.15, -0.1) is 23.5 Å². The molecule has 1 fully saturated rings. The Bertz CT molecular complexity index is 236. The van der Waals surface area contributed by atoms with Crippen LogP contribution in [-0.2, 0) is 0 Å². The highest BCUT2D eigenvalue weighted by atomic mass is 32.2. The largest absolute Gasteiger partial charge is 0.147 e. The predicted molar refractivity (Wildman–Crippen MR) is 113 cm³/mol. The Morgan fingerprint density at radius 2 is 1.09 bits per heavy atom. The van der Waals surface area contributed by atoms with Gasteiger partial charge in [-0.2, -0.15) is 0 Å². The van der Waals surface area contributed by atoms with Crippen LogP contribution in [0.4, 0.5) is 0 Å². The van der Waals surface area contributed by atoms with E-state index in [2.05, 4.69) is 37.4 Å². The van der Waals surface area contributed by atoms with E-state index in [9.17, 15) is 0 Å². The van der Waals surface area contributed by atoms with Crippen molar-refractivity contribution in [2.24, 2.45) is 5.92 Å². The Balaban J connectivity index is 2.12. The van der Waals surface area contributed by atoms with E-state index in [4.69, 9.17) is 0 Å². The second kappa shape index (κ2) is 16.2. The van der Waals surface area contributed by atoms with E-state index in [0.717, 1.165) is 10.5 Å². The lowest BCUT2D eigenvalue weighted by atomic mass is 9.95. The van der Waals surface area contributed by atoms with Crippen LogP contribution in [0.15, 0.2) is 0 Å². The summed E-state index contributed by atoms with van der Waals surface area (Å²) < 4.78 is 0.926. The van der Waals surface area contributed by atoms with Crippen molar-refractivity contribution < 1.29 is 0 Å². The number of hydrogen-bond acceptors (Lipinski definition) is 2. The molecule has 0 amide bonds. The Labute approximate surface area is 155 Å². The minimum absolute atomic E-state index is 0.926. The van der Waals surface area contributed by atoms with Gasteiger partial charge in [-0.25, -0.2) is 0 Å². The molecule has 0 aromatic rings. The lowest BCUT2D eigenvalue weighted by Crippen LogP contribution is -2.18. The highest BCUT2D eigenvalue weighted by Gasteiger charge is 2.24. The molecule has 0 N–H and O–H groups in total. The van der Waals surface area contributed by atoms with Gasteiger partial charge in [0.1, 0.15) is 0 Å². The van der Waals surface area contributed by atoms with E-state index < -0.39 is 0 Å². The van der Waals surface area contributed by atoms with Gasteiger partial charge >= 0.3 is 0 Å². The summed E-state index contributed by atoms with van der Waals surface area (Å²) in [6.07, 6.45) is 21.9. The molecule has 23 heavy (non-hydrogen) atoms. The maximum atomic E-state index is 2.32. The van der Waals surface area contributed by atoms with Crippen LogP contribution in [0.5, 0.6) is 0 Å². The van der Waals surface area contributed by atoms with Gasteiger partial charge in [0, 0.05) is 0 Å². The van der Waals surface area contributed by atoms with Gasteiger partial charge in [-0.1, -0.05) is 90.9 Å². The fraction of sp³-hybridized carbons (Fsp3) is 1.00. The van der Waals surface area contributed by atoms with Crippen molar-refractivity contribution in [3.63, 3.8) is 0 Å². The predicted octanol–water partition coefficient (Wildman–Crippen LogP) is 8.30. The molecule has 0 spiro atoms. The zero-order valence-corrected chi connectivity index (χ0v) is 17.6. The summed E-state index contributed by atoms with van der Waals surface area (Å²) in [6.45, 7) is 4.63. The summed E-state index contributed by atoms with van der Waals surface area (Å²) in [5, 5.41) is 0. The first kappa shape index (κ1) is 21.7. The molecule has 0 aromatic heterocycles. The van der Waals surface area contributed by atoms with Crippen molar-refractivity contribution in [1.29, 1.82) is 0 Å². The monoisotopic (exact) mass is 358 g/mol. The van der Waals surface area contributed by atoms with Crippen LogP contribution in [0.1, 0.15) is 110 Å². The summed E-state index contributed by atoms with van der Waals surface area (Å²) in [6, 6.07) is 0. The first-order valence-electron chi connectivity index (χ1n) is 10.6. The third-order valence-electron chi connectivity index (χ3n) is 5.09. The van der Waals surface area contributed by atoms with Gasteiger partial charge in [0.05, 0.1) is 4.58 Å². The summed E-state index contributed by atoms with van der Waals surface area (Å²) in [4.78, 5) is 0. The number of hydrogen-bond donors (Lipinski definition) is 0. The quantitative estimate of drug-likeness (QED) is 0.270. The van der Waals surface area contributed by atoms with Crippen LogP contribution >= 0.6 is 23.5 Å². The standard InChI is InChI=1S/C21H42S2/c1-3-5-7-9-10-11-12-14-17-20(16-13-8-6-4-2)21-22-18-15-19-23-21/h20-21H,3-19H2,1-2H3/t20-/m1/s1. The van der Waals surface area contributed by atoms with Crippen molar-refractivity contribution in [3.8, 4) is 0 Å². The molecule has 0 saturated carbocycles. The van der Waals surface area contributed by atoms with Crippen LogP contribution in [0.2, 0.25) is 0 Å². The van der Waals surface area contributed by atoms with Crippen LogP contribution in [-0.4, -0.2) is 16.1 Å². The Hall–Kier alpha value is 0.700. The third-order valence-corrected chi connectivity index (χ3v) is 8.39. The van der Waals surface area contributed by atoms with Crippen LogP contribution in [0.25, 0.3) is 0 Å². The first-order valence-corrected chi connectivity index (χ1v) is 12.7. The van der Waals surface area contributed by atoms with Crippen LogP contribution in [0, 0.1) is 5.92 Å². The van der Waals surface area contributed by atoms with E-state index in [1.807, 2.05) is 0 Å². The topological polar surface area (TPSA) is 0 Å². The first-order chi connectivity index (χ1) is 11.4. The lowest BCUT2D eigenvalue weighted by molar-refractivity contribution is 0.428. The second-order valence-electron chi connectivity index (χ2n) is 7.34. The summed E-state index contributed by atoms with van der Waals surface area (Å²) in [7, 11) is 0. The molecule has 0 unspecified atom stereocenters. The molecule has 138 valence electrons. The molecule has 0 aromatic carbocycles. The summed E-state index contributed by atoms with van der Waals surface area (Å²) in [5.74, 6) is 3.84. The van der Waals surface area contributed by atoms with Crippen molar-refractivity contribution in [1.82, 2.24) is 0 Å². The van der Waals surface area contributed by atoms with Gasteiger partial charge in [0.2, 0.25) is 0 Å². The van der Waals surface area contributed by atoms with Gasteiger partial charge in [-0.05, 0) is 36.7 Å². The van der Waals surface area contributed by atoms with Gasteiger partial charge < -0.3 is 0 Å². The highest BCUT2D eigenvalue weighted by molar-refractivity contribution is 8.17. The molecular formula is C21H42S2. The van der Waals surface area contributed by atoms with Crippen molar-refractivity contribution in [2.75, 3.05) is 11.5 Å². The van der Waals surface area contributed by atoms with E-state index in [1.54, 1.807) is 0 Å². The Kier molecular flexibility index (Phi) is 15.3. The Morgan fingerprint density at radius 1 is 0.652 bits per heavy atom. The fourth-order valence-electron chi connectivity index (χ4n) is 3.57. The van der Waals surface area contributed by atoms with Gasteiger partial charge in [-0.3, -0.25) is 0 Å². The smallest absolute Gasteiger partial charge is 0.0530 e. The lowest BCUT2D eigenvalue weighted by Gasteiger charge is -2.29. The second-order valence-corrected chi connectivity index (χ2v) is 10.1. The normalized spacial score (nSPS) is 17.5. The highest BCUT2D eigenvalue weighted by Crippen LogP contribution is 2.40. The fourth-order valence-corrected chi connectivity index (χ4v) is 6.89. The van der Waals surface area contributed by atoms with Gasteiger partial charge in [0.25, 0.3) is 0 Å². The van der Waals surface area contributed by atoms with Crippen molar-refractivity contribution >= 4 is 23.5 Å². The van der Waals surface area contributed by atoms with Crippen LogP contribution in [0.3, 0.4) is 0 Å². The molecule has 1 heterocycles. The molecule has 0 aliphatic carbocycles. The molecule has 1 rings (SSSR count). The third kappa shape index (κ3) is 11.8. The van der Waals surface area contributed by atoms with Gasteiger partial charge in [0.15, 0.2) is 0 Å². The molecule has 1 atom stereocenters. The molecule has 0 nitrogen and oxygen atoms in total. The van der Waals surface area contributed by atoms with Crippen molar-refractivity contribution in [2.45, 2.75) is 115 Å². The summed E-state index contributed by atoms with van der Waals surface area (Å²) in [5.41, 5.74) is 0. The molecule has 1 aliphatic rings. The number of rotatable bonds is 15. The number of thioether (sulfide) groups is 2. The average molecular weight is 359 g/mol. The van der Waals surface area contributed by atoms with Crippen molar-refractivity contribution in [3.05, 3.63) is 0 Å².